The van der Waals surface area contributed by atoms with E-state index in [0.717, 1.165) is 0 Å². The van der Waals surface area contributed by atoms with E-state index in [1.54, 1.807) is 19.1 Å². The van der Waals surface area contributed by atoms with Crippen molar-refractivity contribution in [1.29, 1.82) is 0 Å². The first-order valence-electron chi connectivity index (χ1n) is 8.31. The van der Waals surface area contributed by atoms with E-state index >= 15 is 0 Å². The first kappa shape index (κ1) is 18.8. The van der Waals surface area contributed by atoms with E-state index < -0.39 is 5.97 Å². The molecule has 1 N–H and O–H groups in total. The van der Waals surface area contributed by atoms with Gasteiger partial charge in [0, 0.05) is 6.07 Å². The van der Waals surface area contributed by atoms with Gasteiger partial charge >= 0.3 is 5.97 Å². The Morgan fingerprint density at radius 2 is 2.04 bits per heavy atom. The van der Waals surface area contributed by atoms with Gasteiger partial charge in [0.05, 0.1) is 18.1 Å². The highest BCUT2D eigenvalue weighted by molar-refractivity contribution is 7.98. The highest BCUT2D eigenvalue weighted by atomic mass is 32.2. The van der Waals surface area contributed by atoms with E-state index in [9.17, 15) is 9.59 Å². The lowest BCUT2D eigenvalue weighted by Gasteiger charge is -2.06. The number of carbonyl (C=O) groups excluding carboxylic acids is 1. The second-order valence-electron chi connectivity index (χ2n) is 5.42. The summed E-state index contributed by atoms with van der Waals surface area (Å²) >= 11 is 1.29. The Hall–Kier alpha value is -3.00. The number of nitrogens with zero attached hydrogens (tertiary/aromatic N) is 1. The lowest BCUT2D eigenvalue weighted by Crippen LogP contribution is -2.11. The van der Waals surface area contributed by atoms with Gasteiger partial charge in [-0.1, -0.05) is 30.0 Å². The van der Waals surface area contributed by atoms with Gasteiger partial charge in [-0.25, -0.2) is 9.78 Å². The quantitative estimate of drug-likeness (QED) is 0.360. The van der Waals surface area contributed by atoms with Crippen LogP contribution in [0.15, 0.2) is 62.9 Å². The fourth-order valence-corrected chi connectivity index (χ4v) is 3.00. The van der Waals surface area contributed by atoms with Crippen molar-refractivity contribution in [3.63, 3.8) is 0 Å². The third-order valence-electron chi connectivity index (χ3n) is 3.39. The maximum atomic E-state index is 11.9. The number of rotatable bonds is 8. The molecule has 1 aromatic carbocycles. The Bertz CT molecular complexity index is 952. The Labute approximate surface area is 159 Å². The van der Waals surface area contributed by atoms with Crippen molar-refractivity contribution < 1.29 is 18.7 Å². The van der Waals surface area contributed by atoms with Crippen molar-refractivity contribution in [2.45, 2.75) is 24.4 Å². The van der Waals surface area contributed by atoms with Crippen LogP contribution in [0.4, 0.5) is 0 Å². The van der Waals surface area contributed by atoms with Crippen LogP contribution in [0.3, 0.4) is 0 Å². The molecule has 0 amide bonds. The summed E-state index contributed by atoms with van der Waals surface area (Å²) in [5.41, 5.74) is 0.266. The molecule has 0 aliphatic heterocycles. The summed E-state index contributed by atoms with van der Waals surface area (Å²) in [7, 11) is 0. The summed E-state index contributed by atoms with van der Waals surface area (Å²) in [6.45, 7) is 2.20. The maximum absolute atomic E-state index is 11.9. The number of esters is 1. The summed E-state index contributed by atoms with van der Waals surface area (Å²) < 4.78 is 16.0. The molecule has 2 aromatic heterocycles. The molecule has 0 saturated heterocycles. The van der Waals surface area contributed by atoms with Crippen molar-refractivity contribution in [3.05, 3.63) is 76.1 Å². The second-order valence-corrected chi connectivity index (χ2v) is 6.38. The topological polar surface area (TPSA) is 94.4 Å². The van der Waals surface area contributed by atoms with E-state index in [4.69, 9.17) is 13.9 Å². The molecule has 0 unspecified atom stereocenters. The molecule has 0 bridgehead atoms. The zero-order valence-electron chi connectivity index (χ0n) is 14.6. The number of nitrogens with one attached hydrogen (secondary N) is 1. The summed E-state index contributed by atoms with van der Waals surface area (Å²) in [6.07, 6.45) is 0. The van der Waals surface area contributed by atoms with Crippen molar-refractivity contribution in [3.8, 4) is 5.75 Å². The highest BCUT2D eigenvalue weighted by Crippen LogP contribution is 2.21. The van der Waals surface area contributed by atoms with Gasteiger partial charge in [-0.15, -0.1) is 0 Å². The van der Waals surface area contributed by atoms with Gasteiger partial charge in [-0.3, -0.25) is 4.79 Å². The first-order valence-corrected chi connectivity index (χ1v) is 9.29. The molecule has 0 spiro atoms. The number of aromatic nitrogens is 2. The molecule has 0 saturated carbocycles. The van der Waals surface area contributed by atoms with Crippen LogP contribution in [0.5, 0.6) is 5.75 Å². The zero-order valence-corrected chi connectivity index (χ0v) is 15.5. The number of carbonyl (C=O) groups is 1. The number of thioether (sulfide) groups is 1. The number of H-pyrrole nitrogens is 1. The van der Waals surface area contributed by atoms with Gasteiger partial charge in [-0.05, 0) is 31.2 Å². The number of hydrogen-bond acceptors (Lipinski definition) is 7. The molecule has 8 heteroatoms. The Morgan fingerprint density at radius 1 is 1.22 bits per heavy atom. The first-order chi connectivity index (χ1) is 13.1. The predicted molar refractivity (Wildman–Crippen MR) is 99.9 cm³/mol. The van der Waals surface area contributed by atoms with Crippen LogP contribution in [-0.2, 0) is 17.1 Å². The van der Waals surface area contributed by atoms with Gasteiger partial charge in [0.2, 0.25) is 5.76 Å². The summed E-state index contributed by atoms with van der Waals surface area (Å²) in [6, 6.07) is 14.0. The van der Waals surface area contributed by atoms with Gasteiger partial charge in [0.25, 0.3) is 5.56 Å². The molecule has 140 valence electrons. The molecule has 0 aliphatic rings. The van der Waals surface area contributed by atoms with E-state index in [-0.39, 0.29) is 24.5 Å². The maximum Gasteiger partial charge on any atom is 0.374 e. The van der Waals surface area contributed by atoms with Gasteiger partial charge in [-0.2, -0.15) is 0 Å². The molecule has 0 radical (unpaired) electrons. The van der Waals surface area contributed by atoms with Crippen molar-refractivity contribution in [2.75, 3.05) is 6.61 Å². The third-order valence-corrected chi connectivity index (χ3v) is 4.29. The van der Waals surface area contributed by atoms with Gasteiger partial charge < -0.3 is 18.9 Å². The standard InChI is InChI=1S/C19H18N2O5S/c1-2-24-18(23)16-9-8-15(26-16)12-27-19-20-13(10-17(22)21-19)11-25-14-6-4-3-5-7-14/h3-10H,2,11-12H2,1H3,(H,20,21,22). The summed E-state index contributed by atoms with van der Waals surface area (Å²) in [4.78, 5) is 30.5. The van der Waals surface area contributed by atoms with E-state index in [2.05, 4.69) is 9.97 Å². The summed E-state index contributed by atoms with van der Waals surface area (Å²) in [5, 5.41) is 0.447. The van der Waals surface area contributed by atoms with Crippen molar-refractivity contribution in [2.24, 2.45) is 0 Å². The average Bonchev–Trinajstić information content (AvgIpc) is 3.15. The minimum absolute atomic E-state index is 0.152. The van der Waals surface area contributed by atoms with E-state index in [1.807, 2.05) is 30.3 Å². The number of furan rings is 1. The number of hydrogen-bond donors (Lipinski definition) is 1. The molecular formula is C19H18N2O5S. The molecule has 3 aromatic rings. The lowest BCUT2D eigenvalue weighted by molar-refractivity contribution is 0.0488. The Morgan fingerprint density at radius 3 is 2.81 bits per heavy atom. The summed E-state index contributed by atoms with van der Waals surface area (Å²) in [5.74, 6) is 1.34. The molecule has 0 atom stereocenters. The fourth-order valence-electron chi connectivity index (χ4n) is 2.21. The molecule has 2 heterocycles. The number of ether oxygens (including phenoxy) is 2. The average molecular weight is 386 g/mol. The SMILES string of the molecule is CCOC(=O)c1ccc(CSc2nc(COc3ccccc3)cc(=O)[nH]2)o1. The lowest BCUT2D eigenvalue weighted by atomic mass is 10.3. The van der Waals surface area contributed by atoms with Crippen molar-refractivity contribution in [1.82, 2.24) is 9.97 Å². The fraction of sp³-hybridized carbons (Fsp3) is 0.211. The van der Waals surface area contributed by atoms with Crippen LogP contribution in [0, 0.1) is 0 Å². The normalized spacial score (nSPS) is 10.6. The molecular weight excluding hydrogens is 368 g/mol. The Balaban J connectivity index is 1.61. The number of para-hydroxylation sites is 1. The van der Waals surface area contributed by atoms with E-state index in [0.29, 0.717) is 28.1 Å². The predicted octanol–water partition coefficient (Wildman–Crippen LogP) is 3.41. The molecule has 0 fully saturated rings. The monoisotopic (exact) mass is 386 g/mol. The van der Waals surface area contributed by atoms with Crippen LogP contribution < -0.4 is 10.3 Å². The van der Waals surface area contributed by atoms with Gasteiger partial charge in [0.1, 0.15) is 18.1 Å². The van der Waals surface area contributed by atoms with Crippen LogP contribution >= 0.6 is 11.8 Å². The van der Waals surface area contributed by atoms with E-state index in [1.165, 1.54) is 17.8 Å². The van der Waals surface area contributed by atoms with Crippen LogP contribution in [-0.4, -0.2) is 22.5 Å². The number of benzene rings is 1. The van der Waals surface area contributed by atoms with Gasteiger partial charge in [0.15, 0.2) is 5.16 Å². The molecule has 0 aliphatic carbocycles. The van der Waals surface area contributed by atoms with Crippen LogP contribution in [0.1, 0.15) is 28.9 Å². The smallest absolute Gasteiger partial charge is 0.374 e. The number of aromatic amines is 1. The minimum Gasteiger partial charge on any atom is -0.487 e. The highest BCUT2D eigenvalue weighted by Gasteiger charge is 2.12. The third kappa shape index (κ3) is 5.49. The molecule has 27 heavy (non-hydrogen) atoms. The van der Waals surface area contributed by atoms with Crippen LogP contribution in [0.25, 0.3) is 0 Å². The zero-order chi connectivity index (χ0) is 19.1. The molecule has 3 rings (SSSR count). The van der Waals surface area contributed by atoms with Crippen molar-refractivity contribution >= 4 is 17.7 Å². The minimum atomic E-state index is -0.500. The largest absolute Gasteiger partial charge is 0.487 e. The molecule has 7 nitrogen and oxygen atoms in total. The second kappa shape index (κ2) is 9.09. The van der Waals surface area contributed by atoms with Crippen LogP contribution in [0.2, 0.25) is 0 Å². The Kier molecular flexibility index (Phi) is 6.32.